The molecule has 36 heavy (non-hydrogen) atoms. The molecule has 2 aromatic rings. The molecule has 1 aliphatic carbocycles. The van der Waals surface area contributed by atoms with Crippen molar-refractivity contribution in [2.75, 3.05) is 56.6 Å². The highest BCUT2D eigenvalue weighted by Gasteiger charge is 2.27. The van der Waals surface area contributed by atoms with Crippen molar-refractivity contribution >= 4 is 23.2 Å². The maximum absolute atomic E-state index is 13.3. The van der Waals surface area contributed by atoms with E-state index in [9.17, 15) is 14.0 Å². The average Bonchev–Trinajstić information content (AvgIpc) is 2.90. The summed E-state index contributed by atoms with van der Waals surface area (Å²) in [6, 6.07) is 15.0. The van der Waals surface area contributed by atoms with E-state index in [2.05, 4.69) is 49.6 Å². The van der Waals surface area contributed by atoms with Gasteiger partial charge in [0.2, 0.25) is 0 Å². The quantitative estimate of drug-likeness (QED) is 0.577. The van der Waals surface area contributed by atoms with Gasteiger partial charge in [-0.05, 0) is 54.8 Å². The molecule has 4 rings (SSSR count). The number of hydrogen-bond donors (Lipinski definition) is 2. The Morgan fingerprint density at radius 3 is 2.17 bits per heavy atom. The molecule has 0 aromatic heterocycles. The Morgan fingerprint density at radius 2 is 1.56 bits per heavy atom. The topological polar surface area (TPSA) is 67.9 Å². The Hall–Kier alpha value is -3.13. The van der Waals surface area contributed by atoms with Gasteiger partial charge in [-0.3, -0.25) is 14.5 Å². The molecular formula is C28H38FN5O2. The third kappa shape index (κ3) is 6.75. The van der Waals surface area contributed by atoms with Crippen molar-refractivity contribution in [3.8, 4) is 0 Å². The van der Waals surface area contributed by atoms with Gasteiger partial charge in [0.1, 0.15) is 5.82 Å². The number of benzene rings is 2. The highest BCUT2D eigenvalue weighted by Crippen LogP contribution is 2.26. The summed E-state index contributed by atoms with van der Waals surface area (Å²) in [5, 5.41) is 5.80. The first-order valence-electron chi connectivity index (χ1n) is 13.0. The van der Waals surface area contributed by atoms with E-state index >= 15 is 0 Å². The van der Waals surface area contributed by atoms with Gasteiger partial charge in [0, 0.05) is 64.2 Å². The fourth-order valence-electron chi connectivity index (χ4n) is 5.16. The van der Waals surface area contributed by atoms with Gasteiger partial charge in [0.05, 0.1) is 6.04 Å². The van der Waals surface area contributed by atoms with Crippen LogP contribution in [-0.2, 0) is 9.59 Å². The van der Waals surface area contributed by atoms with Gasteiger partial charge in [-0.1, -0.05) is 31.4 Å². The lowest BCUT2D eigenvalue weighted by Crippen LogP contribution is -2.51. The van der Waals surface area contributed by atoms with E-state index in [-0.39, 0.29) is 17.9 Å². The number of nitrogens with zero attached hydrogens (tertiary/aromatic N) is 3. The number of hydrogen-bond acceptors (Lipinski definition) is 5. The zero-order valence-electron chi connectivity index (χ0n) is 21.4. The predicted octanol–water partition coefficient (Wildman–Crippen LogP) is 3.32. The second kappa shape index (κ2) is 12.2. The summed E-state index contributed by atoms with van der Waals surface area (Å²) in [6.45, 7) is 3.54. The fraction of sp³-hybridized carbons (Fsp3) is 0.500. The zero-order valence-corrected chi connectivity index (χ0v) is 21.4. The van der Waals surface area contributed by atoms with E-state index in [0.29, 0.717) is 6.54 Å². The zero-order chi connectivity index (χ0) is 25.5. The number of piperazine rings is 1. The van der Waals surface area contributed by atoms with Crippen molar-refractivity contribution in [2.24, 2.45) is 0 Å². The number of halogens is 1. The summed E-state index contributed by atoms with van der Waals surface area (Å²) in [5.74, 6) is -1.34. The van der Waals surface area contributed by atoms with Gasteiger partial charge in [0.15, 0.2) is 0 Å². The third-order valence-electron chi connectivity index (χ3n) is 7.34. The molecule has 0 radical (unpaired) electrons. The summed E-state index contributed by atoms with van der Waals surface area (Å²) in [6.07, 6.45) is 5.28. The Bertz CT molecular complexity index is 998. The minimum absolute atomic E-state index is 0.0528. The molecule has 1 saturated heterocycles. The van der Waals surface area contributed by atoms with E-state index in [1.54, 1.807) is 0 Å². The van der Waals surface area contributed by atoms with Gasteiger partial charge >= 0.3 is 11.8 Å². The third-order valence-corrected chi connectivity index (χ3v) is 7.34. The number of rotatable bonds is 7. The lowest BCUT2D eigenvalue weighted by atomic mass is 9.95. The van der Waals surface area contributed by atoms with Gasteiger partial charge in [-0.15, -0.1) is 0 Å². The van der Waals surface area contributed by atoms with Crippen LogP contribution < -0.4 is 20.4 Å². The van der Waals surface area contributed by atoms with Crippen molar-refractivity contribution in [3.63, 3.8) is 0 Å². The number of anilines is 2. The fourth-order valence-corrected chi connectivity index (χ4v) is 5.16. The molecule has 1 aliphatic heterocycles. The van der Waals surface area contributed by atoms with E-state index in [1.807, 2.05) is 26.2 Å². The molecule has 2 fully saturated rings. The van der Waals surface area contributed by atoms with Crippen LogP contribution in [0.15, 0.2) is 48.5 Å². The summed E-state index contributed by atoms with van der Waals surface area (Å²) in [7, 11) is 4.01. The number of carbonyl (C=O) groups is 2. The maximum atomic E-state index is 13.3. The van der Waals surface area contributed by atoms with Crippen LogP contribution in [0.5, 0.6) is 0 Å². The molecule has 194 valence electrons. The number of nitrogens with one attached hydrogen (secondary N) is 2. The molecule has 1 saturated carbocycles. The van der Waals surface area contributed by atoms with Crippen LogP contribution in [0.25, 0.3) is 0 Å². The van der Waals surface area contributed by atoms with Gasteiger partial charge in [0.25, 0.3) is 0 Å². The van der Waals surface area contributed by atoms with Crippen LogP contribution in [0.2, 0.25) is 0 Å². The van der Waals surface area contributed by atoms with Crippen molar-refractivity contribution < 1.29 is 14.0 Å². The average molecular weight is 496 g/mol. The van der Waals surface area contributed by atoms with E-state index in [1.165, 1.54) is 18.6 Å². The van der Waals surface area contributed by atoms with Crippen LogP contribution >= 0.6 is 0 Å². The second-order valence-electron chi connectivity index (χ2n) is 10.0. The standard InChI is InChI=1S/C28H38FN5O2/c1-32(2)24-12-8-21(9-13-24)26(20-30-27(35)28(36)31-23-6-4-3-5-7-23)34-18-16-33(17-19-34)25-14-10-22(29)11-15-25/h8-15,23,26H,3-7,16-20H2,1-2H3,(H,30,35)(H,31,36). The Labute approximate surface area is 213 Å². The van der Waals surface area contributed by atoms with E-state index in [4.69, 9.17) is 0 Å². The highest BCUT2D eigenvalue weighted by atomic mass is 19.1. The molecule has 2 N–H and O–H groups in total. The first-order valence-corrected chi connectivity index (χ1v) is 13.0. The van der Waals surface area contributed by atoms with Gasteiger partial charge in [-0.25, -0.2) is 4.39 Å². The monoisotopic (exact) mass is 495 g/mol. The molecule has 0 spiro atoms. The molecule has 2 aliphatic rings. The summed E-state index contributed by atoms with van der Waals surface area (Å²) < 4.78 is 13.3. The molecule has 1 atom stereocenters. The first-order chi connectivity index (χ1) is 17.4. The van der Waals surface area contributed by atoms with Crippen LogP contribution in [0.4, 0.5) is 15.8 Å². The molecule has 2 aromatic carbocycles. The normalized spacial score (nSPS) is 17.9. The summed E-state index contributed by atoms with van der Waals surface area (Å²) >= 11 is 0. The number of carbonyl (C=O) groups excluding carboxylic acids is 2. The van der Waals surface area contributed by atoms with Crippen LogP contribution in [0.3, 0.4) is 0 Å². The molecule has 2 amide bonds. The van der Waals surface area contributed by atoms with Crippen molar-refractivity contribution in [1.82, 2.24) is 15.5 Å². The Morgan fingerprint density at radius 1 is 0.917 bits per heavy atom. The van der Waals surface area contributed by atoms with Crippen LogP contribution in [0, 0.1) is 5.82 Å². The van der Waals surface area contributed by atoms with Crippen LogP contribution in [-0.4, -0.2) is 69.6 Å². The van der Waals surface area contributed by atoms with Gasteiger partial charge < -0.3 is 20.4 Å². The SMILES string of the molecule is CN(C)c1ccc(C(CNC(=O)C(=O)NC2CCCCC2)N2CCN(c3ccc(F)cc3)CC2)cc1. The highest BCUT2D eigenvalue weighted by molar-refractivity contribution is 6.35. The Balaban J connectivity index is 1.40. The lowest BCUT2D eigenvalue weighted by Gasteiger charge is -2.40. The lowest BCUT2D eigenvalue weighted by molar-refractivity contribution is -0.139. The molecular weight excluding hydrogens is 457 g/mol. The molecule has 8 heteroatoms. The molecule has 1 heterocycles. The minimum Gasteiger partial charge on any atom is -0.378 e. The molecule has 7 nitrogen and oxygen atoms in total. The molecule has 0 bridgehead atoms. The minimum atomic E-state index is -0.569. The van der Waals surface area contributed by atoms with Crippen molar-refractivity contribution in [3.05, 3.63) is 59.9 Å². The maximum Gasteiger partial charge on any atom is 0.309 e. The van der Waals surface area contributed by atoms with Crippen molar-refractivity contribution in [2.45, 2.75) is 44.2 Å². The predicted molar refractivity (Wildman–Crippen MR) is 142 cm³/mol. The molecule has 1 unspecified atom stereocenters. The number of amides is 2. The summed E-state index contributed by atoms with van der Waals surface area (Å²) in [5.41, 5.74) is 3.22. The van der Waals surface area contributed by atoms with Crippen molar-refractivity contribution in [1.29, 1.82) is 0 Å². The van der Waals surface area contributed by atoms with E-state index < -0.39 is 11.8 Å². The first kappa shape index (κ1) is 25.9. The van der Waals surface area contributed by atoms with Crippen LogP contribution in [0.1, 0.15) is 43.7 Å². The summed E-state index contributed by atoms with van der Waals surface area (Å²) in [4.78, 5) is 31.8. The van der Waals surface area contributed by atoms with Gasteiger partial charge in [-0.2, -0.15) is 0 Å². The second-order valence-corrected chi connectivity index (χ2v) is 10.0. The van der Waals surface area contributed by atoms with E-state index in [0.717, 1.165) is 68.8 Å². The largest absolute Gasteiger partial charge is 0.378 e. The smallest absolute Gasteiger partial charge is 0.309 e. The Kier molecular flexibility index (Phi) is 8.80.